The fourth-order valence-corrected chi connectivity index (χ4v) is 6.28. The smallest absolute Gasteiger partial charge is 0.260 e. The molecule has 0 spiro atoms. The van der Waals surface area contributed by atoms with Gasteiger partial charge in [0, 0.05) is 54.1 Å². The first-order chi connectivity index (χ1) is 16.1. The Bertz CT molecular complexity index is 1190. The van der Waals surface area contributed by atoms with Crippen LogP contribution >= 0.6 is 22.9 Å². The lowest BCUT2D eigenvalue weighted by molar-refractivity contribution is -0.134. The van der Waals surface area contributed by atoms with E-state index in [4.69, 9.17) is 16.6 Å². The van der Waals surface area contributed by atoms with Crippen LogP contribution in [0.25, 0.3) is 21.3 Å². The number of rotatable bonds is 5. The van der Waals surface area contributed by atoms with E-state index in [2.05, 4.69) is 9.88 Å². The standard InChI is InChI=1S/C25H29ClN4O2S/c26-20-9-5-4-8-18(20)19-16-33-25-23(19)24(32)27-21(28-25)15-29-10-12-30(13-11-29)22(31)14-17-6-2-1-3-7-17/h4-5,8-9,16-17H,1-3,6-7,10-15H2,(H,27,28,32). The van der Waals surface area contributed by atoms with Crippen LogP contribution in [0.5, 0.6) is 0 Å². The first-order valence-corrected chi connectivity index (χ1v) is 13.1. The van der Waals surface area contributed by atoms with Crippen molar-refractivity contribution in [3.8, 4) is 11.1 Å². The molecule has 1 aliphatic heterocycles. The van der Waals surface area contributed by atoms with Gasteiger partial charge in [-0.05, 0) is 24.8 Å². The van der Waals surface area contributed by atoms with Crippen LogP contribution in [0.4, 0.5) is 0 Å². The van der Waals surface area contributed by atoms with E-state index < -0.39 is 0 Å². The van der Waals surface area contributed by atoms with Gasteiger partial charge in [-0.3, -0.25) is 14.5 Å². The lowest BCUT2D eigenvalue weighted by Crippen LogP contribution is -2.48. The zero-order chi connectivity index (χ0) is 22.8. The van der Waals surface area contributed by atoms with E-state index >= 15 is 0 Å². The first kappa shape index (κ1) is 22.6. The molecule has 1 amide bonds. The van der Waals surface area contributed by atoms with Crippen molar-refractivity contribution in [2.24, 2.45) is 5.92 Å². The number of H-pyrrole nitrogens is 1. The zero-order valence-corrected chi connectivity index (χ0v) is 20.3. The van der Waals surface area contributed by atoms with Gasteiger partial charge in [0.05, 0.1) is 11.9 Å². The molecule has 6 nitrogen and oxygen atoms in total. The van der Waals surface area contributed by atoms with Crippen LogP contribution < -0.4 is 5.56 Å². The summed E-state index contributed by atoms with van der Waals surface area (Å²) in [5, 5.41) is 3.17. The number of benzene rings is 1. The lowest BCUT2D eigenvalue weighted by Gasteiger charge is -2.35. The average molecular weight is 485 g/mol. The summed E-state index contributed by atoms with van der Waals surface area (Å²) in [5.74, 6) is 1.55. The van der Waals surface area contributed by atoms with E-state index in [1.54, 1.807) is 0 Å². The molecule has 0 unspecified atom stereocenters. The van der Waals surface area contributed by atoms with E-state index in [9.17, 15) is 9.59 Å². The van der Waals surface area contributed by atoms with Crippen molar-refractivity contribution in [2.75, 3.05) is 26.2 Å². The summed E-state index contributed by atoms with van der Waals surface area (Å²) in [7, 11) is 0. The highest BCUT2D eigenvalue weighted by atomic mass is 35.5. The number of carbonyl (C=O) groups excluding carboxylic acids is 1. The molecule has 2 aromatic heterocycles. The average Bonchev–Trinajstić information content (AvgIpc) is 3.25. The fraction of sp³-hybridized carbons (Fsp3) is 0.480. The molecule has 5 rings (SSSR count). The van der Waals surface area contributed by atoms with E-state index in [-0.39, 0.29) is 5.56 Å². The molecule has 0 radical (unpaired) electrons. The van der Waals surface area contributed by atoms with Crippen LogP contribution in [0.2, 0.25) is 5.02 Å². The number of aromatic amines is 1. The highest BCUT2D eigenvalue weighted by Crippen LogP contribution is 2.35. The molecule has 174 valence electrons. The van der Waals surface area contributed by atoms with E-state index in [1.165, 1.54) is 43.4 Å². The quantitative estimate of drug-likeness (QED) is 0.558. The maximum absolute atomic E-state index is 12.9. The zero-order valence-electron chi connectivity index (χ0n) is 18.7. The number of hydrogen-bond acceptors (Lipinski definition) is 5. The maximum Gasteiger partial charge on any atom is 0.260 e. The predicted molar refractivity (Wildman–Crippen MR) is 134 cm³/mol. The molecule has 1 saturated heterocycles. The highest BCUT2D eigenvalue weighted by Gasteiger charge is 2.25. The second-order valence-corrected chi connectivity index (χ2v) is 10.5. The second-order valence-electron chi connectivity index (χ2n) is 9.19. The molecule has 1 saturated carbocycles. The number of piperazine rings is 1. The Labute approximate surface area is 202 Å². The fourth-order valence-electron chi connectivity index (χ4n) is 5.08. The molecule has 3 heterocycles. The first-order valence-electron chi connectivity index (χ1n) is 11.8. The van der Waals surface area contributed by atoms with Crippen molar-refractivity contribution in [3.63, 3.8) is 0 Å². The van der Waals surface area contributed by atoms with Gasteiger partial charge in [0.2, 0.25) is 5.91 Å². The third-order valence-electron chi connectivity index (χ3n) is 6.94. The maximum atomic E-state index is 12.9. The molecule has 1 aliphatic carbocycles. The summed E-state index contributed by atoms with van der Waals surface area (Å²) in [4.78, 5) is 38.4. The normalized spacial score (nSPS) is 18.2. The van der Waals surface area contributed by atoms with Crippen molar-refractivity contribution < 1.29 is 4.79 Å². The van der Waals surface area contributed by atoms with Crippen LogP contribution in [-0.2, 0) is 11.3 Å². The van der Waals surface area contributed by atoms with Gasteiger partial charge < -0.3 is 9.88 Å². The molecule has 8 heteroatoms. The molecular weight excluding hydrogens is 456 g/mol. The van der Waals surface area contributed by atoms with Crippen molar-refractivity contribution in [3.05, 3.63) is 50.8 Å². The third-order valence-corrected chi connectivity index (χ3v) is 8.15. The lowest BCUT2D eigenvalue weighted by atomic mass is 9.86. The molecule has 1 N–H and O–H groups in total. The molecule has 3 aromatic rings. The largest absolute Gasteiger partial charge is 0.340 e. The summed E-state index contributed by atoms with van der Waals surface area (Å²) in [6.45, 7) is 3.66. The van der Waals surface area contributed by atoms with Crippen LogP contribution in [0, 0.1) is 5.92 Å². The number of nitrogens with zero attached hydrogens (tertiary/aromatic N) is 3. The number of hydrogen-bond donors (Lipinski definition) is 1. The van der Waals surface area contributed by atoms with E-state index in [1.807, 2.05) is 34.5 Å². The molecular formula is C25H29ClN4O2S. The van der Waals surface area contributed by atoms with Crippen LogP contribution in [0.15, 0.2) is 34.4 Å². The summed E-state index contributed by atoms with van der Waals surface area (Å²) < 4.78 is 0. The van der Waals surface area contributed by atoms with Crippen LogP contribution in [0.3, 0.4) is 0 Å². The Morgan fingerprint density at radius 1 is 1.09 bits per heavy atom. The minimum absolute atomic E-state index is 0.132. The van der Waals surface area contributed by atoms with E-state index in [0.29, 0.717) is 41.0 Å². The molecule has 33 heavy (non-hydrogen) atoms. The highest BCUT2D eigenvalue weighted by molar-refractivity contribution is 7.17. The van der Waals surface area contributed by atoms with Gasteiger partial charge in [-0.2, -0.15) is 0 Å². The minimum Gasteiger partial charge on any atom is -0.340 e. The van der Waals surface area contributed by atoms with Crippen molar-refractivity contribution in [1.29, 1.82) is 0 Å². The SMILES string of the molecule is O=C(CC1CCCCC1)N1CCN(Cc2nc3scc(-c4ccccc4Cl)c3c(=O)[nH]2)CC1. The van der Waals surface area contributed by atoms with E-state index in [0.717, 1.165) is 42.1 Å². The number of fused-ring (bicyclic) bond motifs is 1. The molecule has 2 aliphatic rings. The van der Waals surface area contributed by atoms with Gasteiger partial charge in [-0.25, -0.2) is 4.98 Å². The molecule has 0 bridgehead atoms. The van der Waals surface area contributed by atoms with Crippen molar-refractivity contribution in [1.82, 2.24) is 19.8 Å². The number of aromatic nitrogens is 2. The minimum atomic E-state index is -0.132. The number of carbonyl (C=O) groups is 1. The van der Waals surface area contributed by atoms with Gasteiger partial charge in [0.1, 0.15) is 10.7 Å². The van der Waals surface area contributed by atoms with Crippen molar-refractivity contribution in [2.45, 2.75) is 45.1 Å². The Morgan fingerprint density at radius 2 is 1.85 bits per heavy atom. The van der Waals surface area contributed by atoms with Gasteiger partial charge in [-0.1, -0.05) is 49.1 Å². The third kappa shape index (κ3) is 5.00. The monoisotopic (exact) mass is 484 g/mol. The summed E-state index contributed by atoms with van der Waals surface area (Å²) in [5.41, 5.74) is 1.54. The number of thiophene rings is 1. The summed E-state index contributed by atoms with van der Waals surface area (Å²) in [6.07, 6.45) is 6.97. The van der Waals surface area contributed by atoms with Crippen molar-refractivity contribution >= 4 is 39.1 Å². The summed E-state index contributed by atoms with van der Waals surface area (Å²) in [6, 6.07) is 7.55. The molecule has 0 atom stereocenters. The molecule has 2 fully saturated rings. The topological polar surface area (TPSA) is 69.3 Å². The Hall–Kier alpha value is -2.22. The predicted octanol–water partition coefficient (Wildman–Crippen LogP) is 4.92. The van der Waals surface area contributed by atoms with Gasteiger partial charge in [0.15, 0.2) is 0 Å². The van der Waals surface area contributed by atoms with Gasteiger partial charge in [0.25, 0.3) is 5.56 Å². The number of amides is 1. The van der Waals surface area contributed by atoms with Gasteiger partial charge >= 0.3 is 0 Å². The second kappa shape index (κ2) is 9.95. The van der Waals surface area contributed by atoms with Crippen LogP contribution in [-0.4, -0.2) is 51.9 Å². The summed E-state index contributed by atoms with van der Waals surface area (Å²) >= 11 is 7.82. The Balaban J connectivity index is 1.23. The Kier molecular flexibility index (Phi) is 6.81. The number of nitrogens with one attached hydrogen (secondary N) is 1. The van der Waals surface area contributed by atoms with Crippen LogP contribution in [0.1, 0.15) is 44.3 Å². The Morgan fingerprint density at radius 3 is 2.61 bits per heavy atom. The molecule has 1 aromatic carbocycles. The van der Waals surface area contributed by atoms with Gasteiger partial charge in [-0.15, -0.1) is 11.3 Å². The number of halogens is 1.